The van der Waals surface area contributed by atoms with Gasteiger partial charge in [-0.15, -0.1) is 11.3 Å². The van der Waals surface area contributed by atoms with Crippen LogP contribution in [0, 0.1) is 13.8 Å². The van der Waals surface area contributed by atoms with Crippen LogP contribution in [0.1, 0.15) is 58.2 Å². The lowest BCUT2D eigenvalue weighted by atomic mass is 9.89. The van der Waals surface area contributed by atoms with Crippen LogP contribution < -0.4 is 15.4 Å². The molecule has 4 rings (SSSR count). The lowest BCUT2D eigenvalue weighted by Gasteiger charge is -2.38. The Bertz CT molecular complexity index is 1190. The molecule has 0 fully saturated rings. The summed E-state index contributed by atoms with van der Waals surface area (Å²) < 4.78 is 6.16. The van der Waals surface area contributed by atoms with Crippen molar-refractivity contribution in [3.63, 3.8) is 0 Å². The SMILES string of the molecule is Cc1ccc(C(=O)N/C(=C\c2cccs2)C(=O)N[C@@H]2CC(C)(C)Oc3cc(C)ccc32)cc1. The molecule has 6 heteroatoms. The minimum Gasteiger partial charge on any atom is -0.487 e. The Balaban J connectivity index is 1.61. The summed E-state index contributed by atoms with van der Waals surface area (Å²) in [6.45, 7) is 8.01. The van der Waals surface area contributed by atoms with E-state index in [1.165, 1.54) is 11.3 Å². The molecule has 0 saturated heterocycles. The van der Waals surface area contributed by atoms with Crippen LogP contribution in [-0.4, -0.2) is 17.4 Å². The Morgan fingerprint density at radius 3 is 2.48 bits per heavy atom. The standard InChI is InChI=1S/C27H28N2O3S/c1-17-7-10-19(11-8-17)25(30)28-22(15-20-6-5-13-33-20)26(31)29-23-16-27(3,4)32-24-14-18(2)9-12-21(23)24/h5-15,23H,16H2,1-4H3,(H,28,30)(H,29,31)/b22-15-/t23-/m1/s1. The maximum absolute atomic E-state index is 13.4. The molecule has 1 aliphatic heterocycles. The number of carbonyl (C=O) groups is 2. The molecule has 2 amide bonds. The highest BCUT2D eigenvalue weighted by Crippen LogP contribution is 2.40. The van der Waals surface area contributed by atoms with E-state index in [2.05, 4.69) is 10.6 Å². The minimum atomic E-state index is -0.429. The molecule has 0 spiro atoms. The lowest BCUT2D eigenvalue weighted by molar-refractivity contribution is -0.119. The van der Waals surface area contributed by atoms with E-state index >= 15 is 0 Å². The molecule has 170 valence electrons. The fraction of sp³-hybridized carbons (Fsp3) is 0.259. The summed E-state index contributed by atoms with van der Waals surface area (Å²) in [4.78, 5) is 27.2. The van der Waals surface area contributed by atoms with Crippen molar-refractivity contribution in [2.24, 2.45) is 0 Å². The Labute approximate surface area is 198 Å². The number of benzene rings is 2. The highest BCUT2D eigenvalue weighted by Gasteiger charge is 2.35. The Morgan fingerprint density at radius 2 is 1.79 bits per heavy atom. The molecule has 0 unspecified atom stereocenters. The van der Waals surface area contributed by atoms with Gasteiger partial charge in [0.1, 0.15) is 17.0 Å². The Hall–Kier alpha value is -3.38. The molecule has 2 heterocycles. The van der Waals surface area contributed by atoms with Crippen LogP contribution in [-0.2, 0) is 4.79 Å². The summed E-state index contributed by atoms with van der Waals surface area (Å²) in [6, 6.07) is 16.9. The Kier molecular flexibility index (Phi) is 6.38. The van der Waals surface area contributed by atoms with Gasteiger partial charge in [-0.25, -0.2) is 0 Å². The van der Waals surface area contributed by atoms with Gasteiger partial charge in [0.2, 0.25) is 0 Å². The molecule has 1 aliphatic rings. The van der Waals surface area contributed by atoms with E-state index in [0.29, 0.717) is 12.0 Å². The number of rotatable bonds is 5. The predicted octanol–water partition coefficient (Wildman–Crippen LogP) is 5.55. The van der Waals surface area contributed by atoms with Gasteiger partial charge in [-0.05, 0) is 69.0 Å². The van der Waals surface area contributed by atoms with Gasteiger partial charge in [-0.3, -0.25) is 9.59 Å². The fourth-order valence-corrected chi connectivity index (χ4v) is 4.55. The number of thiophene rings is 1. The molecule has 3 aromatic rings. The van der Waals surface area contributed by atoms with Gasteiger partial charge < -0.3 is 15.4 Å². The third-order valence-corrected chi connectivity index (χ3v) is 6.39. The number of aryl methyl sites for hydroxylation is 2. The van der Waals surface area contributed by atoms with Crippen LogP contribution in [0.25, 0.3) is 6.08 Å². The van der Waals surface area contributed by atoms with Crippen LogP contribution in [0.2, 0.25) is 0 Å². The number of carbonyl (C=O) groups excluding carboxylic acids is 2. The second-order valence-electron chi connectivity index (χ2n) is 9.03. The molecule has 0 bridgehead atoms. The fourth-order valence-electron chi connectivity index (χ4n) is 3.90. The normalized spacial score (nSPS) is 17.0. The summed E-state index contributed by atoms with van der Waals surface area (Å²) in [6.07, 6.45) is 2.33. The van der Waals surface area contributed by atoms with Crippen molar-refractivity contribution in [1.82, 2.24) is 10.6 Å². The predicted molar refractivity (Wildman–Crippen MR) is 132 cm³/mol. The lowest BCUT2D eigenvalue weighted by Crippen LogP contribution is -2.43. The largest absolute Gasteiger partial charge is 0.487 e. The first-order valence-corrected chi connectivity index (χ1v) is 11.8. The summed E-state index contributed by atoms with van der Waals surface area (Å²) in [5.41, 5.74) is 3.38. The first-order valence-electron chi connectivity index (χ1n) is 10.9. The van der Waals surface area contributed by atoms with Crippen molar-refractivity contribution in [2.45, 2.75) is 45.8 Å². The van der Waals surface area contributed by atoms with Crippen LogP contribution in [0.3, 0.4) is 0 Å². The third kappa shape index (κ3) is 5.52. The molecule has 1 atom stereocenters. The van der Waals surface area contributed by atoms with Crippen molar-refractivity contribution in [1.29, 1.82) is 0 Å². The van der Waals surface area contributed by atoms with Gasteiger partial charge >= 0.3 is 0 Å². The summed E-state index contributed by atoms with van der Waals surface area (Å²) in [5.74, 6) is 0.124. The number of fused-ring (bicyclic) bond motifs is 1. The summed E-state index contributed by atoms with van der Waals surface area (Å²) in [7, 11) is 0. The van der Waals surface area contributed by atoms with Gasteiger partial charge in [0, 0.05) is 22.4 Å². The quantitative estimate of drug-likeness (QED) is 0.490. The minimum absolute atomic E-state index is 0.209. The van der Waals surface area contributed by atoms with E-state index < -0.39 is 5.60 Å². The van der Waals surface area contributed by atoms with E-state index in [4.69, 9.17) is 4.74 Å². The second kappa shape index (κ2) is 9.24. The molecule has 5 nitrogen and oxygen atoms in total. The molecule has 33 heavy (non-hydrogen) atoms. The van der Waals surface area contributed by atoms with Crippen LogP contribution >= 0.6 is 11.3 Å². The topological polar surface area (TPSA) is 67.4 Å². The zero-order valence-electron chi connectivity index (χ0n) is 19.3. The highest BCUT2D eigenvalue weighted by molar-refractivity contribution is 7.10. The third-order valence-electron chi connectivity index (χ3n) is 5.57. The van der Waals surface area contributed by atoms with Crippen molar-refractivity contribution in [3.05, 3.63) is 92.8 Å². The Morgan fingerprint density at radius 1 is 1.06 bits per heavy atom. The molecular weight excluding hydrogens is 432 g/mol. The van der Waals surface area contributed by atoms with E-state index in [0.717, 1.165) is 27.3 Å². The number of hydrogen-bond donors (Lipinski definition) is 2. The molecule has 0 aliphatic carbocycles. The maximum Gasteiger partial charge on any atom is 0.268 e. The van der Waals surface area contributed by atoms with E-state index in [9.17, 15) is 9.59 Å². The molecule has 2 N–H and O–H groups in total. The van der Waals surface area contributed by atoms with Gasteiger partial charge in [0.05, 0.1) is 6.04 Å². The van der Waals surface area contributed by atoms with Gasteiger partial charge in [-0.2, -0.15) is 0 Å². The average Bonchev–Trinajstić information content (AvgIpc) is 3.25. The first kappa shape index (κ1) is 22.8. The second-order valence-corrected chi connectivity index (χ2v) is 10.0. The summed E-state index contributed by atoms with van der Waals surface area (Å²) in [5, 5.41) is 7.88. The number of hydrogen-bond acceptors (Lipinski definition) is 4. The number of amides is 2. The maximum atomic E-state index is 13.4. The average molecular weight is 461 g/mol. The monoisotopic (exact) mass is 460 g/mol. The van der Waals surface area contributed by atoms with Crippen molar-refractivity contribution in [2.75, 3.05) is 0 Å². The van der Waals surface area contributed by atoms with Gasteiger partial charge in [0.25, 0.3) is 11.8 Å². The molecule has 2 aromatic carbocycles. The summed E-state index contributed by atoms with van der Waals surface area (Å²) >= 11 is 1.50. The van der Waals surface area contributed by atoms with Crippen molar-refractivity contribution < 1.29 is 14.3 Å². The van der Waals surface area contributed by atoms with E-state index in [-0.39, 0.29) is 23.6 Å². The van der Waals surface area contributed by atoms with Gasteiger partial charge in [0.15, 0.2) is 0 Å². The zero-order valence-corrected chi connectivity index (χ0v) is 20.1. The highest BCUT2D eigenvalue weighted by atomic mass is 32.1. The van der Waals surface area contributed by atoms with Crippen LogP contribution in [0.4, 0.5) is 0 Å². The van der Waals surface area contributed by atoms with Crippen molar-refractivity contribution in [3.8, 4) is 5.75 Å². The van der Waals surface area contributed by atoms with E-state index in [1.807, 2.05) is 75.5 Å². The smallest absolute Gasteiger partial charge is 0.268 e. The first-order chi connectivity index (χ1) is 15.7. The number of ether oxygens (including phenoxy) is 1. The molecule has 0 saturated carbocycles. The molecule has 0 radical (unpaired) electrons. The van der Waals surface area contributed by atoms with Crippen LogP contribution in [0.15, 0.2) is 65.7 Å². The van der Waals surface area contributed by atoms with Crippen LogP contribution in [0.5, 0.6) is 5.75 Å². The van der Waals surface area contributed by atoms with E-state index in [1.54, 1.807) is 18.2 Å². The molecule has 1 aromatic heterocycles. The van der Waals surface area contributed by atoms with Crippen molar-refractivity contribution >= 4 is 29.2 Å². The van der Waals surface area contributed by atoms with Gasteiger partial charge in [-0.1, -0.05) is 35.9 Å². The molecular formula is C27H28N2O3S. The number of nitrogens with one attached hydrogen (secondary N) is 2. The zero-order chi connectivity index (χ0) is 23.6.